The normalized spacial score (nSPS) is 14.9. The van der Waals surface area contributed by atoms with Crippen molar-refractivity contribution in [1.29, 1.82) is 0 Å². The van der Waals surface area contributed by atoms with E-state index in [0.717, 1.165) is 55.8 Å². The van der Waals surface area contributed by atoms with Gasteiger partial charge in [-0.1, -0.05) is 78.9 Å². The molecule has 45 heavy (non-hydrogen) atoms. The molecule has 0 aliphatic carbocycles. The Hall–Kier alpha value is -6.07. The van der Waals surface area contributed by atoms with Gasteiger partial charge in [0, 0.05) is 40.6 Å². The van der Waals surface area contributed by atoms with Gasteiger partial charge in [0.2, 0.25) is 0 Å². The lowest BCUT2D eigenvalue weighted by Gasteiger charge is -2.25. The Bertz CT molecular complexity index is 2420. The number of fused-ring (bicyclic) bond motifs is 6. The molecular weight excluding hydrogens is 550 g/mol. The summed E-state index contributed by atoms with van der Waals surface area (Å²) in [6, 6.07) is 42.4. The number of hydrogen-bond acceptors (Lipinski definition) is 4. The van der Waals surface area contributed by atoms with Crippen molar-refractivity contribution >= 4 is 54.6 Å². The molecule has 0 amide bonds. The number of aromatic nitrogens is 4. The lowest BCUT2D eigenvalue weighted by atomic mass is 9.95. The largest absolute Gasteiger partial charge is 0.373 e. The van der Waals surface area contributed by atoms with Crippen molar-refractivity contribution in [2.24, 2.45) is 0 Å². The molecule has 0 saturated carbocycles. The first-order valence-electron chi connectivity index (χ1n) is 15.1. The molecule has 1 unspecified atom stereocenters. The fraction of sp³-hybridized carbons (Fsp3) is 0.0250. The number of nitrogens with one attached hydrogen (secondary N) is 1. The van der Waals surface area contributed by atoms with Gasteiger partial charge in [-0.2, -0.15) is 0 Å². The maximum atomic E-state index is 5.26. The van der Waals surface area contributed by atoms with Gasteiger partial charge >= 0.3 is 0 Å². The Morgan fingerprint density at radius 1 is 0.622 bits per heavy atom. The van der Waals surface area contributed by atoms with Crippen molar-refractivity contribution in [2.45, 2.75) is 6.04 Å². The average molecular weight is 578 g/mol. The molecule has 5 heteroatoms. The number of nitrogens with zero attached hydrogens (tertiary/aromatic N) is 4. The van der Waals surface area contributed by atoms with E-state index in [-0.39, 0.29) is 6.04 Å². The van der Waals surface area contributed by atoms with E-state index in [2.05, 4.69) is 136 Å². The SMILES string of the molecule is C1=C(c2ccc3c(ccc4ccccc43)c2)NC(c2ccccn2)C=C1c1cccc(-n2c3ccccc3c3cnccc32)n1. The van der Waals surface area contributed by atoms with Crippen LogP contribution in [0.4, 0.5) is 0 Å². The standard InChI is InChI=1S/C40H27N5/c1-2-9-30-26(8-1)15-16-27-22-28(17-18-31(27)30)36-23-29(24-37(43-36)35-11-5-6-20-42-35)34-12-7-14-40(44-34)45-38-13-4-3-10-32(38)33-25-41-21-19-39(33)45/h1-25,37,43H. The average Bonchev–Trinajstić information content (AvgIpc) is 3.46. The molecule has 1 atom stereocenters. The van der Waals surface area contributed by atoms with E-state index >= 15 is 0 Å². The van der Waals surface area contributed by atoms with E-state index in [1.54, 1.807) is 0 Å². The molecular formula is C40H27N5. The number of rotatable bonds is 4. The predicted molar refractivity (Wildman–Crippen MR) is 184 cm³/mol. The van der Waals surface area contributed by atoms with E-state index in [9.17, 15) is 0 Å². The Labute approximate surface area is 259 Å². The van der Waals surface area contributed by atoms with Crippen LogP contribution >= 0.6 is 0 Å². The summed E-state index contributed by atoms with van der Waals surface area (Å²) < 4.78 is 2.23. The molecule has 0 radical (unpaired) electrons. The Kier molecular flexibility index (Phi) is 5.81. The van der Waals surface area contributed by atoms with Gasteiger partial charge in [0.05, 0.1) is 28.5 Å². The van der Waals surface area contributed by atoms with E-state index in [1.807, 2.05) is 30.7 Å². The van der Waals surface area contributed by atoms with Crippen LogP contribution in [0.25, 0.3) is 60.4 Å². The molecule has 9 rings (SSSR count). The molecule has 1 aliphatic heterocycles. The smallest absolute Gasteiger partial charge is 0.138 e. The second-order valence-corrected chi connectivity index (χ2v) is 11.4. The van der Waals surface area contributed by atoms with Gasteiger partial charge in [0.15, 0.2) is 0 Å². The summed E-state index contributed by atoms with van der Waals surface area (Å²) in [7, 11) is 0. The minimum Gasteiger partial charge on any atom is -0.373 e. The highest BCUT2D eigenvalue weighted by atomic mass is 15.1. The van der Waals surface area contributed by atoms with Gasteiger partial charge < -0.3 is 5.32 Å². The predicted octanol–water partition coefficient (Wildman–Crippen LogP) is 9.04. The molecule has 4 aromatic carbocycles. The number of para-hydroxylation sites is 1. The van der Waals surface area contributed by atoms with Crippen LogP contribution in [0.15, 0.2) is 152 Å². The zero-order chi connectivity index (χ0) is 29.7. The summed E-state index contributed by atoms with van der Waals surface area (Å²) in [6.45, 7) is 0. The molecule has 4 aromatic heterocycles. The lowest BCUT2D eigenvalue weighted by Crippen LogP contribution is -2.22. The highest BCUT2D eigenvalue weighted by Gasteiger charge is 2.21. The summed E-state index contributed by atoms with van der Waals surface area (Å²) >= 11 is 0. The van der Waals surface area contributed by atoms with Crippen LogP contribution in [0.1, 0.15) is 23.0 Å². The second kappa shape index (κ2) is 10.3. The van der Waals surface area contributed by atoms with Gasteiger partial charge in [-0.3, -0.25) is 14.5 Å². The number of pyridine rings is 3. The van der Waals surface area contributed by atoms with Crippen LogP contribution in [-0.2, 0) is 0 Å². The molecule has 0 bridgehead atoms. The van der Waals surface area contributed by atoms with E-state index in [0.29, 0.717) is 0 Å². The fourth-order valence-electron chi connectivity index (χ4n) is 6.63. The summed E-state index contributed by atoms with van der Waals surface area (Å²) in [5, 5.41) is 11.0. The first-order chi connectivity index (χ1) is 22.3. The Morgan fingerprint density at radius 2 is 1.44 bits per heavy atom. The minimum atomic E-state index is -0.113. The molecule has 0 saturated heterocycles. The van der Waals surface area contributed by atoms with Crippen molar-refractivity contribution in [3.63, 3.8) is 0 Å². The molecule has 1 N–H and O–H groups in total. The van der Waals surface area contributed by atoms with Crippen LogP contribution in [-0.4, -0.2) is 19.5 Å². The molecule has 5 nitrogen and oxygen atoms in total. The molecule has 1 aliphatic rings. The zero-order valence-corrected chi connectivity index (χ0v) is 24.3. The van der Waals surface area contributed by atoms with Crippen LogP contribution in [0.5, 0.6) is 0 Å². The summed E-state index contributed by atoms with van der Waals surface area (Å²) in [5.74, 6) is 0.867. The molecule has 212 valence electrons. The third kappa shape index (κ3) is 4.28. The molecule has 0 fully saturated rings. The molecule has 8 aromatic rings. The third-order valence-corrected chi connectivity index (χ3v) is 8.75. The number of allylic oxidation sites excluding steroid dienone is 2. The van der Waals surface area contributed by atoms with Crippen molar-refractivity contribution < 1.29 is 0 Å². The Balaban J connectivity index is 1.19. The summed E-state index contributed by atoms with van der Waals surface area (Å²) in [5.41, 5.74) is 7.25. The fourth-order valence-corrected chi connectivity index (χ4v) is 6.63. The van der Waals surface area contributed by atoms with Crippen molar-refractivity contribution in [3.8, 4) is 5.82 Å². The maximum Gasteiger partial charge on any atom is 0.138 e. The van der Waals surface area contributed by atoms with E-state index < -0.39 is 0 Å². The van der Waals surface area contributed by atoms with E-state index in [1.165, 1.54) is 21.5 Å². The van der Waals surface area contributed by atoms with Gasteiger partial charge in [-0.25, -0.2) is 4.98 Å². The lowest BCUT2D eigenvalue weighted by molar-refractivity contribution is 0.739. The zero-order valence-electron chi connectivity index (χ0n) is 24.3. The number of benzene rings is 4. The van der Waals surface area contributed by atoms with E-state index in [4.69, 9.17) is 9.97 Å². The Morgan fingerprint density at radius 3 is 2.38 bits per heavy atom. The summed E-state index contributed by atoms with van der Waals surface area (Å²) in [6.07, 6.45) is 10.1. The first kappa shape index (κ1) is 25.4. The number of hydrogen-bond donors (Lipinski definition) is 1. The molecule has 0 spiro atoms. The topological polar surface area (TPSA) is 55.6 Å². The quantitative estimate of drug-likeness (QED) is 0.212. The first-order valence-corrected chi connectivity index (χ1v) is 15.1. The number of dihydropyridines is 1. The highest BCUT2D eigenvalue weighted by molar-refractivity contribution is 6.09. The molecule has 5 heterocycles. The highest BCUT2D eigenvalue weighted by Crippen LogP contribution is 2.35. The second-order valence-electron chi connectivity index (χ2n) is 11.4. The van der Waals surface area contributed by atoms with Crippen molar-refractivity contribution in [3.05, 3.63) is 169 Å². The maximum absolute atomic E-state index is 5.26. The van der Waals surface area contributed by atoms with Gasteiger partial charge in [-0.15, -0.1) is 0 Å². The van der Waals surface area contributed by atoms with Crippen LogP contribution in [0.3, 0.4) is 0 Å². The van der Waals surface area contributed by atoms with Crippen LogP contribution < -0.4 is 5.32 Å². The van der Waals surface area contributed by atoms with Gasteiger partial charge in [0.25, 0.3) is 0 Å². The summed E-state index contributed by atoms with van der Waals surface area (Å²) in [4.78, 5) is 14.4. The third-order valence-electron chi connectivity index (χ3n) is 8.75. The van der Waals surface area contributed by atoms with Crippen molar-refractivity contribution in [2.75, 3.05) is 0 Å². The van der Waals surface area contributed by atoms with Gasteiger partial charge in [-0.05, 0) is 81.7 Å². The van der Waals surface area contributed by atoms with Crippen LogP contribution in [0.2, 0.25) is 0 Å². The van der Waals surface area contributed by atoms with Crippen molar-refractivity contribution in [1.82, 2.24) is 24.8 Å². The van der Waals surface area contributed by atoms with Gasteiger partial charge in [0.1, 0.15) is 5.82 Å². The monoisotopic (exact) mass is 577 g/mol. The van der Waals surface area contributed by atoms with Crippen LogP contribution in [0, 0.1) is 0 Å². The minimum absolute atomic E-state index is 0.113.